The summed E-state index contributed by atoms with van der Waals surface area (Å²) in [5.41, 5.74) is 0. The van der Waals surface area contributed by atoms with E-state index in [4.69, 9.17) is 14.6 Å². The zero-order valence-electron chi connectivity index (χ0n) is 10.2. The summed E-state index contributed by atoms with van der Waals surface area (Å²) in [7, 11) is 0. The minimum atomic E-state index is -1.36. The maximum absolute atomic E-state index is 11.1. The van der Waals surface area contributed by atoms with Gasteiger partial charge >= 0.3 is 0 Å². The summed E-state index contributed by atoms with van der Waals surface area (Å²) in [6.07, 6.45) is -2.88. The van der Waals surface area contributed by atoms with E-state index in [2.05, 4.69) is 11.9 Å². The number of ether oxygens (including phenoxy) is 2. The second-order valence-electron chi connectivity index (χ2n) is 4.05. The van der Waals surface area contributed by atoms with E-state index >= 15 is 0 Å². The first-order valence-corrected chi connectivity index (χ1v) is 5.63. The van der Waals surface area contributed by atoms with Gasteiger partial charge in [-0.3, -0.25) is 4.79 Å². The van der Waals surface area contributed by atoms with Crippen LogP contribution in [0.2, 0.25) is 0 Å². The molecule has 0 saturated carbocycles. The van der Waals surface area contributed by atoms with Crippen LogP contribution in [0.4, 0.5) is 0 Å². The Hall–Kier alpha value is -0.990. The molecule has 0 aliphatic carbocycles. The summed E-state index contributed by atoms with van der Waals surface area (Å²) < 4.78 is 10.3. The van der Waals surface area contributed by atoms with E-state index in [1.807, 2.05) is 0 Å². The summed E-state index contributed by atoms with van der Waals surface area (Å²) in [4.78, 5) is 11.1. The van der Waals surface area contributed by atoms with Crippen molar-refractivity contribution in [1.29, 1.82) is 0 Å². The first kappa shape index (κ1) is 15.1. The predicted octanol–water partition coefficient (Wildman–Crippen LogP) is -1.87. The molecule has 0 spiro atoms. The molecule has 1 heterocycles. The van der Waals surface area contributed by atoms with Crippen molar-refractivity contribution in [3.05, 3.63) is 12.7 Å². The van der Waals surface area contributed by atoms with E-state index in [1.54, 1.807) is 0 Å². The van der Waals surface area contributed by atoms with Gasteiger partial charge in [0.05, 0.1) is 13.2 Å². The summed E-state index contributed by atoms with van der Waals surface area (Å²) in [5, 5.41) is 31.2. The number of carbonyl (C=O) groups is 1. The average Bonchev–Trinajstić information content (AvgIpc) is 2.32. The summed E-state index contributed by atoms with van der Waals surface area (Å²) >= 11 is 0. The zero-order valence-corrected chi connectivity index (χ0v) is 10.2. The van der Waals surface area contributed by atoms with E-state index in [0.29, 0.717) is 0 Å². The van der Waals surface area contributed by atoms with Crippen LogP contribution in [-0.4, -0.2) is 65.1 Å². The third-order valence-corrected chi connectivity index (χ3v) is 2.65. The molecule has 0 aromatic carbocycles. The maximum atomic E-state index is 11.1. The van der Waals surface area contributed by atoms with Crippen LogP contribution in [0.15, 0.2) is 12.7 Å². The number of rotatable bonds is 5. The van der Waals surface area contributed by atoms with Gasteiger partial charge in [-0.2, -0.15) is 0 Å². The molecular weight excluding hydrogens is 242 g/mol. The summed E-state index contributed by atoms with van der Waals surface area (Å²) in [6.45, 7) is 4.44. The summed E-state index contributed by atoms with van der Waals surface area (Å²) in [5.74, 6) is -0.385. The standard InChI is InChI=1S/C11H19NO6/c1-3-4-17-10-8(12-6(2)14)11(16)18-7(5-13)9(10)15/h3,7-11,13,15-16H,1,4-5H2,2H3,(H,12,14)/t7-,8-,9-,10+,11-/m1/s1. The van der Waals surface area contributed by atoms with Gasteiger partial charge in [-0.05, 0) is 0 Å². The SMILES string of the molecule is C=CCO[C@@H]1[C@H](O)[C@@H](CO)O[C@@H](O)[C@@H]1NC(C)=O. The molecule has 5 atom stereocenters. The van der Waals surface area contributed by atoms with Gasteiger partial charge in [-0.25, -0.2) is 0 Å². The molecule has 0 unspecified atom stereocenters. The van der Waals surface area contributed by atoms with Crippen molar-refractivity contribution < 1.29 is 29.6 Å². The maximum Gasteiger partial charge on any atom is 0.217 e. The Bertz CT molecular complexity index is 297. The lowest BCUT2D eigenvalue weighted by atomic mass is 9.96. The van der Waals surface area contributed by atoms with Crippen LogP contribution in [0.3, 0.4) is 0 Å². The zero-order chi connectivity index (χ0) is 13.7. The van der Waals surface area contributed by atoms with Gasteiger partial charge in [-0.15, -0.1) is 6.58 Å². The van der Waals surface area contributed by atoms with Crippen LogP contribution in [0.1, 0.15) is 6.92 Å². The highest BCUT2D eigenvalue weighted by molar-refractivity contribution is 5.73. The highest BCUT2D eigenvalue weighted by atomic mass is 16.6. The third-order valence-electron chi connectivity index (χ3n) is 2.65. The van der Waals surface area contributed by atoms with Crippen LogP contribution in [0.25, 0.3) is 0 Å². The monoisotopic (exact) mass is 261 g/mol. The quantitative estimate of drug-likeness (QED) is 0.432. The van der Waals surface area contributed by atoms with E-state index in [0.717, 1.165) is 0 Å². The van der Waals surface area contributed by atoms with Gasteiger partial charge in [0, 0.05) is 6.92 Å². The molecule has 1 saturated heterocycles. The fourth-order valence-corrected chi connectivity index (χ4v) is 1.85. The van der Waals surface area contributed by atoms with Gasteiger partial charge in [-0.1, -0.05) is 6.08 Å². The molecule has 0 aromatic heterocycles. The van der Waals surface area contributed by atoms with Crippen molar-refractivity contribution in [2.24, 2.45) is 0 Å². The van der Waals surface area contributed by atoms with Gasteiger partial charge < -0.3 is 30.1 Å². The van der Waals surface area contributed by atoms with E-state index in [-0.39, 0.29) is 12.5 Å². The van der Waals surface area contributed by atoms with Gasteiger partial charge in [0.2, 0.25) is 5.91 Å². The van der Waals surface area contributed by atoms with Crippen molar-refractivity contribution in [1.82, 2.24) is 5.32 Å². The highest BCUT2D eigenvalue weighted by Crippen LogP contribution is 2.22. The highest BCUT2D eigenvalue weighted by Gasteiger charge is 2.45. The van der Waals surface area contributed by atoms with Crippen molar-refractivity contribution in [2.75, 3.05) is 13.2 Å². The number of aliphatic hydroxyl groups excluding tert-OH is 3. The smallest absolute Gasteiger partial charge is 0.217 e. The van der Waals surface area contributed by atoms with Crippen LogP contribution in [0.5, 0.6) is 0 Å². The Labute approximate surface area is 105 Å². The van der Waals surface area contributed by atoms with Crippen LogP contribution in [-0.2, 0) is 14.3 Å². The molecule has 7 heteroatoms. The minimum absolute atomic E-state index is 0.142. The predicted molar refractivity (Wildman–Crippen MR) is 61.5 cm³/mol. The molecule has 0 radical (unpaired) electrons. The lowest BCUT2D eigenvalue weighted by Crippen LogP contribution is -2.64. The van der Waals surface area contributed by atoms with Gasteiger partial charge in [0.1, 0.15) is 24.4 Å². The molecule has 7 nitrogen and oxygen atoms in total. The number of hydrogen-bond acceptors (Lipinski definition) is 6. The molecule has 4 N–H and O–H groups in total. The molecule has 1 amide bonds. The number of nitrogens with one attached hydrogen (secondary N) is 1. The Morgan fingerprint density at radius 1 is 1.56 bits per heavy atom. The van der Waals surface area contributed by atoms with E-state index < -0.39 is 37.3 Å². The molecule has 1 aliphatic heterocycles. The Kier molecular flexibility index (Phi) is 5.70. The minimum Gasteiger partial charge on any atom is -0.394 e. The molecular formula is C11H19NO6. The number of aliphatic hydroxyl groups is 3. The summed E-state index contributed by atoms with van der Waals surface area (Å²) in [6, 6.07) is -0.903. The molecule has 18 heavy (non-hydrogen) atoms. The Morgan fingerprint density at radius 3 is 2.72 bits per heavy atom. The normalized spacial score (nSPS) is 36.1. The second-order valence-corrected chi connectivity index (χ2v) is 4.05. The first-order chi connectivity index (χ1) is 8.51. The fraction of sp³-hybridized carbons (Fsp3) is 0.727. The van der Waals surface area contributed by atoms with E-state index in [9.17, 15) is 15.0 Å². The number of hydrogen-bond donors (Lipinski definition) is 4. The second kappa shape index (κ2) is 6.81. The molecule has 104 valence electrons. The van der Waals surface area contributed by atoms with Crippen LogP contribution in [0, 0.1) is 0 Å². The lowest BCUT2D eigenvalue weighted by Gasteiger charge is -2.42. The van der Waals surface area contributed by atoms with Crippen molar-refractivity contribution in [2.45, 2.75) is 37.6 Å². The topological polar surface area (TPSA) is 108 Å². The Morgan fingerprint density at radius 2 is 2.22 bits per heavy atom. The average molecular weight is 261 g/mol. The molecule has 0 bridgehead atoms. The van der Waals surface area contributed by atoms with Crippen molar-refractivity contribution >= 4 is 5.91 Å². The third kappa shape index (κ3) is 3.50. The van der Waals surface area contributed by atoms with Crippen molar-refractivity contribution in [3.63, 3.8) is 0 Å². The number of amides is 1. The largest absolute Gasteiger partial charge is 0.394 e. The number of carbonyl (C=O) groups excluding carboxylic acids is 1. The lowest BCUT2D eigenvalue weighted by molar-refractivity contribution is -0.260. The molecule has 1 fully saturated rings. The van der Waals surface area contributed by atoms with E-state index in [1.165, 1.54) is 13.0 Å². The molecule has 1 aliphatic rings. The molecule has 1 rings (SSSR count). The first-order valence-electron chi connectivity index (χ1n) is 5.63. The van der Waals surface area contributed by atoms with Crippen LogP contribution < -0.4 is 5.32 Å². The van der Waals surface area contributed by atoms with Crippen molar-refractivity contribution in [3.8, 4) is 0 Å². The Balaban J connectivity index is 2.82. The van der Waals surface area contributed by atoms with Crippen LogP contribution >= 0.6 is 0 Å². The molecule has 0 aromatic rings. The van der Waals surface area contributed by atoms with Gasteiger partial charge in [0.15, 0.2) is 6.29 Å². The van der Waals surface area contributed by atoms with Gasteiger partial charge in [0.25, 0.3) is 0 Å². The fourth-order valence-electron chi connectivity index (χ4n) is 1.85.